The molecule has 6 nitrogen and oxygen atoms in total. The van der Waals surface area contributed by atoms with Crippen LogP contribution in [0.1, 0.15) is 39.9 Å². The number of aryl methyl sites for hydroxylation is 1. The molecule has 1 saturated heterocycles. The monoisotopic (exact) mass is 443 g/mol. The molecule has 3 aromatic rings. The van der Waals surface area contributed by atoms with Crippen LogP contribution in [0.15, 0.2) is 66.7 Å². The number of carbonyl (C=O) groups excluding carboxylic acids is 1. The van der Waals surface area contributed by atoms with E-state index < -0.39 is 10.8 Å². The van der Waals surface area contributed by atoms with E-state index in [9.17, 15) is 14.9 Å². The fourth-order valence-electron chi connectivity index (χ4n) is 4.23. The summed E-state index contributed by atoms with van der Waals surface area (Å²) in [6, 6.07) is 21.0. The first-order valence-corrected chi connectivity index (χ1v) is 11.4. The molecule has 3 aromatic carbocycles. The molecule has 170 valence electrons. The van der Waals surface area contributed by atoms with Gasteiger partial charge in [0.05, 0.1) is 4.92 Å². The lowest BCUT2D eigenvalue weighted by Crippen LogP contribution is -2.26. The van der Waals surface area contributed by atoms with Gasteiger partial charge in [0, 0.05) is 19.2 Å². The normalized spacial score (nSPS) is 13.7. The predicted molar refractivity (Wildman–Crippen MR) is 130 cm³/mol. The maximum absolute atomic E-state index is 12.7. The van der Waals surface area contributed by atoms with Gasteiger partial charge in [-0.05, 0) is 67.6 Å². The van der Waals surface area contributed by atoms with Gasteiger partial charge in [-0.3, -0.25) is 19.8 Å². The van der Waals surface area contributed by atoms with Gasteiger partial charge >= 0.3 is 0 Å². The Morgan fingerprint density at radius 3 is 2.24 bits per heavy atom. The second-order valence-corrected chi connectivity index (χ2v) is 8.66. The van der Waals surface area contributed by atoms with E-state index in [0.29, 0.717) is 18.5 Å². The number of nitrogens with one attached hydrogen (secondary N) is 1. The molecule has 0 bridgehead atoms. The maximum atomic E-state index is 12.7. The van der Waals surface area contributed by atoms with Crippen LogP contribution in [0.2, 0.25) is 0 Å². The summed E-state index contributed by atoms with van der Waals surface area (Å²) >= 11 is 0. The van der Waals surface area contributed by atoms with Crippen molar-refractivity contribution in [1.29, 1.82) is 0 Å². The number of nitro benzene ring substituents is 1. The Hall–Kier alpha value is -3.51. The van der Waals surface area contributed by atoms with E-state index >= 15 is 0 Å². The first kappa shape index (κ1) is 22.7. The van der Waals surface area contributed by atoms with E-state index in [1.54, 1.807) is 6.07 Å². The summed E-state index contributed by atoms with van der Waals surface area (Å²) in [6.07, 6.45) is 3.24. The van der Waals surface area contributed by atoms with Crippen molar-refractivity contribution in [2.24, 2.45) is 0 Å². The van der Waals surface area contributed by atoms with Crippen molar-refractivity contribution in [2.45, 2.75) is 32.7 Å². The number of hydrogen-bond acceptors (Lipinski definition) is 4. The molecule has 0 unspecified atom stereocenters. The smallest absolute Gasteiger partial charge is 0.282 e. The topological polar surface area (TPSA) is 75.5 Å². The fraction of sp³-hybridized carbons (Fsp3) is 0.296. The largest absolute Gasteiger partial charge is 0.351 e. The van der Waals surface area contributed by atoms with E-state index in [1.807, 2.05) is 31.2 Å². The molecule has 0 aromatic heterocycles. The third-order valence-corrected chi connectivity index (χ3v) is 6.15. The van der Waals surface area contributed by atoms with Crippen LogP contribution in [0, 0.1) is 17.0 Å². The highest BCUT2D eigenvalue weighted by molar-refractivity contribution is 5.99. The maximum Gasteiger partial charge on any atom is 0.282 e. The molecule has 6 heteroatoms. The van der Waals surface area contributed by atoms with Crippen molar-refractivity contribution < 1.29 is 9.72 Å². The first-order valence-electron chi connectivity index (χ1n) is 11.4. The van der Waals surface area contributed by atoms with Gasteiger partial charge in [-0.25, -0.2) is 0 Å². The van der Waals surface area contributed by atoms with Crippen LogP contribution >= 0.6 is 0 Å². The SMILES string of the molecule is Cc1ccc(-c2ccc(C(=O)NCCc3ccc(CN4CCCC4)cc3)c([N+](=O)[O-])c2)cc1. The highest BCUT2D eigenvalue weighted by Crippen LogP contribution is 2.27. The third-order valence-electron chi connectivity index (χ3n) is 6.15. The molecule has 1 amide bonds. The Morgan fingerprint density at radius 1 is 0.939 bits per heavy atom. The van der Waals surface area contributed by atoms with Crippen LogP contribution in [0.3, 0.4) is 0 Å². The zero-order chi connectivity index (χ0) is 23.2. The minimum Gasteiger partial charge on any atom is -0.351 e. The molecule has 0 saturated carbocycles. The third kappa shape index (κ3) is 5.84. The number of benzene rings is 3. The standard InChI is InChI=1S/C27H29N3O3/c1-20-4-10-23(11-5-20)24-12-13-25(26(18-24)30(32)33)27(31)28-15-14-21-6-8-22(9-7-21)19-29-16-2-3-17-29/h4-13,18H,2-3,14-17,19H2,1H3,(H,28,31). The van der Waals surface area contributed by atoms with E-state index in [1.165, 1.54) is 43.6 Å². The van der Waals surface area contributed by atoms with Crippen molar-refractivity contribution in [1.82, 2.24) is 10.2 Å². The van der Waals surface area contributed by atoms with E-state index in [-0.39, 0.29) is 11.3 Å². The summed E-state index contributed by atoms with van der Waals surface area (Å²) in [5, 5.41) is 14.5. The first-order chi connectivity index (χ1) is 16.0. The molecule has 1 fully saturated rings. The van der Waals surface area contributed by atoms with E-state index in [2.05, 4.69) is 34.5 Å². The second kappa shape index (κ2) is 10.4. The zero-order valence-corrected chi connectivity index (χ0v) is 18.9. The molecular formula is C27H29N3O3. The Labute approximate surface area is 194 Å². The van der Waals surface area contributed by atoms with Crippen LogP contribution in [-0.4, -0.2) is 35.4 Å². The van der Waals surface area contributed by atoms with Gasteiger partial charge in [-0.2, -0.15) is 0 Å². The molecule has 1 aliphatic heterocycles. The molecule has 1 aliphatic rings. The van der Waals surface area contributed by atoms with Crippen LogP contribution in [0.25, 0.3) is 11.1 Å². The number of nitrogens with zero attached hydrogens (tertiary/aromatic N) is 2. The van der Waals surface area contributed by atoms with Crippen LogP contribution < -0.4 is 5.32 Å². The summed E-state index contributed by atoms with van der Waals surface area (Å²) in [5.41, 5.74) is 5.04. The highest BCUT2D eigenvalue weighted by atomic mass is 16.6. The summed E-state index contributed by atoms with van der Waals surface area (Å²) in [4.78, 5) is 26.3. The van der Waals surface area contributed by atoms with Crippen LogP contribution in [-0.2, 0) is 13.0 Å². The molecule has 0 atom stereocenters. The van der Waals surface area contributed by atoms with E-state index in [0.717, 1.165) is 23.2 Å². The average molecular weight is 444 g/mol. The Balaban J connectivity index is 1.36. The van der Waals surface area contributed by atoms with Crippen LogP contribution in [0.4, 0.5) is 5.69 Å². The van der Waals surface area contributed by atoms with Gasteiger partial charge in [0.15, 0.2) is 0 Å². The average Bonchev–Trinajstić information content (AvgIpc) is 3.33. The Kier molecular flexibility index (Phi) is 7.15. The molecule has 0 aliphatic carbocycles. The zero-order valence-electron chi connectivity index (χ0n) is 18.9. The quantitative estimate of drug-likeness (QED) is 0.386. The molecule has 4 rings (SSSR count). The summed E-state index contributed by atoms with van der Waals surface area (Å²) in [5.74, 6) is -0.428. The Bertz CT molecular complexity index is 1120. The van der Waals surface area contributed by atoms with Gasteiger partial charge < -0.3 is 5.32 Å². The number of carbonyl (C=O) groups is 1. The minimum atomic E-state index is -0.494. The van der Waals surface area contributed by atoms with Gasteiger partial charge in [-0.1, -0.05) is 60.2 Å². The molecule has 1 N–H and O–H groups in total. The second-order valence-electron chi connectivity index (χ2n) is 8.66. The molecule has 1 heterocycles. The lowest BCUT2D eigenvalue weighted by Gasteiger charge is -2.14. The summed E-state index contributed by atoms with van der Waals surface area (Å²) < 4.78 is 0. The number of amides is 1. The molecule has 0 spiro atoms. The van der Waals surface area contributed by atoms with Crippen molar-refractivity contribution >= 4 is 11.6 Å². The Morgan fingerprint density at radius 2 is 1.58 bits per heavy atom. The lowest BCUT2D eigenvalue weighted by atomic mass is 10.0. The minimum absolute atomic E-state index is 0.0804. The van der Waals surface area contributed by atoms with Gasteiger partial charge in [0.25, 0.3) is 11.6 Å². The highest BCUT2D eigenvalue weighted by Gasteiger charge is 2.21. The molecule has 0 radical (unpaired) electrons. The number of hydrogen-bond donors (Lipinski definition) is 1. The fourth-order valence-corrected chi connectivity index (χ4v) is 4.23. The summed E-state index contributed by atoms with van der Waals surface area (Å²) in [6.45, 7) is 5.74. The molecular weight excluding hydrogens is 414 g/mol. The van der Waals surface area contributed by atoms with Gasteiger partial charge in [0.1, 0.15) is 5.56 Å². The van der Waals surface area contributed by atoms with Crippen LogP contribution in [0.5, 0.6) is 0 Å². The van der Waals surface area contributed by atoms with Crippen molar-refractivity contribution in [3.05, 3.63) is 99.1 Å². The summed E-state index contributed by atoms with van der Waals surface area (Å²) in [7, 11) is 0. The van der Waals surface area contributed by atoms with Gasteiger partial charge in [0.2, 0.25) is 0 Å². The number of rotatable bonds is 8. The lowest BCUT2D eigenvalue weighted by molar-refractivity contribution is -0.385. The van der Waals surface area contributed by atoms with Crippen molar-refractivity contribution in [3.63, 3.8) is 0 Å². The van der Waals surface area contributed by atoms with Gasteiger partial charge in [-0.15, -0.1) is 0 Å². The van der Waals surface area contributed by atoms with Crippen molar-refractivity contribution in [3.8, 4) is 11.1 Å². The van der Waals surface area contributed by atoms with E-state index in [4.69, 9.17) is 0 Å². The van der Waals surface area contributed by atoms with Crippen molar-refractivity contribution in [2.75, 3.05) is 19.6 Å². The molecule has 33 heavy (non-hydrogen) atoms. The number of likely N-dealkylation sites (tertiary alicyclic amines) is 1. The predicted octanol–water partition coefficient (Wildman–Crippen LogP) is 5.14. The number of nitro groups is 1.